The summed E-state index contributed by atoms with van der Waals surface area (Å²) in [5, 5.41) is 3.01. The monoisotopic (exact) mass is 376 g/mol. The standard InChI is InChI=1S/C19H28N4O2S/c1-21-11-10-19(9-8-17(21)24)14-23(13-12-22(19)2)18(25)20-15-4-6-16(26-3)7-5-15/h4-7H,8-14H2,1-3H3,(H,20,25)/t19-/m1/s1. The van der Waals surface area contributed by atoms with Gasteiger partial charge in [0.2, 0.25) is 5.91 Å². The minimum Gasteiger partial charge on any atom is -0.346 e. The number of amides is 3. The van der Waals surface area contributed by atoms with Crippen LogP contribution in [0.15, 0.2) is 29.2 Å². The van der Waals surface area contributed by atoms with Crippen LogP contribution in [0.1, 0.15) is 19.3 Å². The number of nitrogens with zero attached hydrogens (tertiary/aromatic N) is 3. The molecule has 0 aromatic heterocycles. The third-order valence-corrected chi connectivity index (χ3v) is 6.51. The molecule has 1 spiro atoms. The summed E-state index contributed by atoms with van der Waals surface area (Å²) in [6, 6.07) is 7.85. The molecule has 0 aliphatic carbocycles. The van der Waals surface area contributed by atoms with E-state index < -0.39 is 0 Å². The van der Waals surface area contributed by atoms with E-state index in [1.54, 1.807) is 11.8 Å². The minimum atomic E-state index is -0.112. The lowest BCUT2D eigenvalue weighted by molar-refractivity contribution is -0.129. The Morgan fingerprint density at radius 3 is 2.54 bits per heavy atom. The number of piperazine rings is 1. The highest BCUT2D eigenvalue weighted by Gasteiger charge is 2.42. The summed E-state index contributed by atoms with van der Waals surface area (Å²) in [5.41, 5.74) is 0.704. The number of carbonyl (C=O) groups is 2. The van der Waals surface area contributed by atoms with Crippen molar-refractivity contribution in [2.75, 3.05) is 51.8 Å². The number of anilines is 1. The Bertz CT molecular complexity index is 666. The van der Waals surface area contributed by atoms with E-state index in [0.717, 1.165) is 31.6 Å². The molecular formula is C19H28N4O2S. The van der Waals surface area contributed by atoms with E-state index in [2.05, 4.69) is 17.3 Å². The van der Waals surface area contributed by atoms with Crippen molar-refractivity contribution in [1.82, 2.24) is 14.7 Å². The predicted molar refractivity (Wildman–Crippen MR) is 106 cm³/mol. The van der Waals surface area contributed by atoms with E-state index in [0.29, 0.717) is 19.5 Å². The van der Waals surface area contributed by atoms with Gasteiger partial charge in [-0.05, 0) is 50.4 Å². The lowest BCUT2D eigenvalue weighted by atomic mass is 9.86. The van der Waals surface area contributed by atoms with Gasteiger partial charge in [-0.2, -0.15) is 0 Å². The summed E-state index contributed by atoms with van der Waals surface area (Å²) in [6.45, 7) is 2.95. The van der Waals surface area contributed by atoms with Gasteiger partial charge in [0.25, 0.3) is 0 Å². The summed E-state index contributed by atoms with van der Waals surface area (Å²) in [6.07, 6.45) is 4.29. The van der Waals surface area contributed by atoms with Crippen molar-refractivity contribution < 1.29 is 9.59 Å². The normalized spacial score (nSPS) is 24.7. The fourth-order valence-corrected chi connectivity index (χ4v) is 4.22. The van der Waals surface area contributed by atoms with Gasteiger partial charge in [-0.25, -0.2) is 4.79 Å². The fourth-order valence-electron chi connectivity index (χ4n) is 3.81. The molecule has 0 saturated carbocycles. The van der Waals surface area contributed by atoms with Crippen molar-refractivity contribution in [3.8, 4) is 0 Å². The number of likely N-dealkylation sites (tertiary alicyclic amines) is 1. The van der Waals surface area contributed by atoms with Crippen LogP contribution in [-0.2, 0) is 4.79 Å². The summed E-state index contributed by atoms with van der Waals surface area (Å²) in [4.78, 5) is 32.1. The van der Waals surface area contributed by atoms with Crippen molar-refractivity contribution in [2.45, 2.75) is 29.7 Å². The smallest absolute Gasteiger partial charge is 0.321 e. The SMILES string of the molecule is CSc1ccc(NC(=O)N2CCN(C)[C@@]3(CCC(=O)N(C)CC3)C2)cc1. The molecule has 142 valence electrons. The molecule has 0 radical (unpaired) electrons. The number of urea groups is 1. The Kier molecular flexibility index (Phi) is 5.77. The van der Waals surface area contributed by atoms with Gasteiger partial charge in [-0.15, -0.1) is 11.8 Å². The molecular weight excluding hydrogens is 348 g/mol. The van der Waals surface area contributed by atoms with E-state index in [-0.39, 0.29) is 17.5 Å². The Balaban J connectivity index is 1.68. The van der Waals surface area contributed by atoms with E-state index in [1.165, 1.54) is 4.90 Å². The number of likely N-dealkylation sites (N-methyl/N-ethyl adjacent to an activating group) is 1. The molecule has 2 aliphatic heterocycles. The third kappa shape index (κ3) is 3.99. The first kappa shape index (κ1) is 19.0. The minimum absolute atomic E-state index is 0.0571. The first-order valence-corrected chi connectivity index (χ1v) is 10.3. The van der Waals surface area contributed by atoms with Gasteiger partial charge < -0.3 is 15.1 Å². The highest BCUT2D eigenvalue weighted by Crippen LogP contribution is 2.32. The second-order valence-electron chi connectivity index (χ2n) is 7.29. The molecule has 2 heterocycles. The van der Waals surface area contributed by atoms with E-state index in [9.17, 15) is 9.59 Å². The first-order valence-electron chi connectivity index (χ1n) is 9.09. The Morgan fingerprint density at radius 1 is 1.12 bits per heavy atom. The van der Waals surface area contributed by atoms with Crippen LogP contribution in [0.4, 0.5) is 10.5 Å². The van der Waals surface area contributed by atoms with Gasteiger partial charge in [0, 0.05) is 55.8 Å². The maximum Gasteiger partial charge on any atom is 0.321 e. The van der Waals surface area contributed by atoms with Crippen molar-refractivity contribution in [1.29, 1.82) is 0 Å². The van der Waals surface area contributed by atoms with Crippen LogP contribution >= 0.6 is 11.8 Å². The number of benzene rings is 1. The number of rotatable bonds is 2. The lowest BCUT2D eigenvalue weighted by Crippen LogP contribution is -2.62. The van der Waals surface area contributed by atoms with Crippen LogP contribution in [0.2, 0.25) is 0 Å². The van der Waals surface area contributed by atoms with Gasteiger partial charge in [0.15, 0.2) is 0 Å². The molecule has 3 rings (SSSR count). The maximum absolute atomic E-state index is 12.8. The Labute approximate surface area is 159 Å². The maximum atomic E-state index is 12.8. The molecule has 6 nitrogen and oxygen atoms in total. The van der Waals surface area contributed by atoms with Gasteiger partial charge >= 0.3 is 6.03 Å². The topological polar surface area (TPSA) is 55.9 Å². The number of thioether (sulfide) groups is 1. The van der Waals surface area contributed by atoms with Crippen LogP contribution in [0.25, 0.3) is 0 Å². The van der Waals surface area contributed by atoms with Crippen LogP contribution in [-0.4, -0.2) is 78.7 Å². The van der Waals surface area contributed by atoms with Crippen LogP contribution in [0.3, 0.4) is 0 Å². The fraction of sp³-hybridized carbons (Fsp3) is 0.579. The molecule has 3 amide bonds. The molecule has 1 atom stereocenters. The number of carbonyl (C=O) groups excluding carboxylic acids is 2. The largest absolute Gasteiger partial charge is 0.346 e. The Morgan fingerprint density at radius 2 is 1.85 bits per heavy atom. The molecule has 1 N–H and O–H groups in total. The molecule has 7 heteroatoms. The lowest BCUT2D eigenvalue weighted by Gasteiger charge is -2.49. The second kappa shape index (κ2) is 7.88. The zero-order valence-corrected chi connectivity index (χ0v) is 16.6. The summed E-state index contributed by atoms with van der Waals surface area (Å²) in [7, 11) is 3.99. The molecule has 2 aliphatic rings. The number of nitrogens with one attached hydrogen (secondary N) is 1. The highest BCUT2D eigenvalue weighted by molar-refractivity contribution is 7.98. The summed E-state index contributed by atoms with van der Waals surface area (Å²) >= 11 is 1.68. The number of hydrogen-bond acceptors (Lipinski definition) is 4. The van der Waals surface area contributed by atoms with Gasteiger partial charge in [-0.1, -0.05) is 0 Å². The van der Waals surface area contributed by atoms with E-state index in [4.69, 9.17) is 0 Å². The third-order valence-electron chi connectivity index (χ3n) is 5.77. The van der Waals surface area contributed by atoms with Crippen molar-refractivity contribution >= 4 is 29.4 Å². The quantitative estimate of drug-likeness (QED) is 0.806. The average molecular weight is 377 g/mol. The summed E-state index contributed by atoms with van der Waals surface area (Å²) < 4.78 is 0. The predicted octanol–water partition coefficient (Wildman–Crippen LogP) is 2.57. The molecule has 2 fully saturated rings. The Hall–Kier alpha value is -1.73. The van der Waals surface area contributed by atoms with Crippen molar-refractivity contribution in [3.63, 3.8) is 0 Å². The molecule has 2 saturated heterocycles. The number of hydrogen-bond donors (Lipinski definition) is 1. The summed E-state index contributed by atoms with van der Waals surface area (Å²) in [5.74, 6) is 0.200. The van der Waals surface area contributed by atoms with Crippen molar-refractivity contribution in [2.24, 2.45) is 0 Å². The molecule has 1 aromatic rings. The second-order valence-corrected chi connectivity index (χ2v) is 8.17. The van der Waals surface area contributed by atoms with Crippen molar-refractivity contribution in [3.05, 3.63) is 24.3 Å². The zero-order valence-electron chi connectivity index (χ0n) is 15.8. The van der Waals surface area contributed by atoms with Gasteiger partial charge in [-0.3, -0.25) is 9.69 Å². The van der Waals surface area contributed by atoms with Crippen LogP contribution < -0.4 is 5.32 Å². The average Bonchev–Trinajstić information content (AvgIpc) is 2.79. The molecule has 1 aromatic carbocycles. The zero-order chi connectivity index (χ0) is 18.7. The van der Waals surface area contributed by atoms with E-state index in [1.807, 2.05) is 47.4 Å². The molecule has 0 unspecified atom stereocenters. The first-order chi connectivity index (χ1) is 12.4. The van der Waals surface area contributed by atoms with E-state index >= 15 is 0 Å². The highest BCUT2D eigenvalue weighted by atomic mass is 32.2. The van der Waals surface area contributed by atoms with Crippen LogP contribution in [0.5, 0.6) is 0 Å². The molecule has 0 bridgehead atoms. The van der Waals surface area contributed by atoms with Gasteiger partial charge in [0.1, 0.15) is 0 Å². The van der Waals surface area contributed by atoms with Crippen LogP contribution in [0, 0.1) is 0 Å². The molecule has 26 heavy (non-hydrogen) atoms. The van der Waals surface area contributed by atoms with Gasteiger partial charge in [0.05, 0.1) is 0 Å².